The van der Waals surface area contributed by atoms with Gasteiger partial charge < -0.3 is 19.3 Å². The van der Waals surface area contributed by atoms with Gasteiger partial charge in [-0.2, -0.15) is 4.98 Å². The van der Waals surface area contributed by atoms with Gasteiger partial charge in [-0.15, -0.1) is 0 Å². The van der Waals surface area contributed by atoms with Crippen LogP contribution in [0.2, 0.25) is 0 Å². The van der Waals surface area contributed by atoms with Crippen LogP contribution < -0.4 is 10.1 Å². The van der Waals surface area contributed by atoms with Crippen LogP contribution in [0.1, 0.15) is 23.4 Å². The van der Waals surface area contributed by atoms with E-state index in [9.17, 15) is 4.79 Å². The average molecular weight is 381 g/mol. The van der Waals surface area contributed by atoms with Gasteiger partial charge in [-0.05, 0) is 35.4 Å². The molecule has 0 radical (unpaired) electrons. The predicted octanol–water partition coefficient (Wildman–Crippen LogP) is 3.14. The summed E-state index contributed by atoms with van der Waals surface area (Å²) < 4.78 is 15.6. The standard InChI is InChI=1S/C21H23N3O4/c1-26-14-17-6-4-3-5-16(17)13-22-19(25)11-12-20-23-21(24-28-20)15-7-9-18(27-2)10-8-15/h3-10H,11-14H2,1-2H3,(H,22,25). The Labute approximate surface area is 163 Å². The Morgan fingerprint density at radius 3 is 2.54 bits per heavy atom. The highest BCUT2D eigenvalue weighted by Crippen LogP contribution is 2.20. The van der Waals surface area contributed by atoms with Gasteiger partial charge in [0.25, 0.3) is 0 Å². The number of nitrogens with zero attached hydrogens (tertiary/aromatic N) is 2. The van der Waals surface area contributed by atoms with Gasteiger partial charge in [0.2, 0.25) is 17.6 Å². The highest BCUT2D eigenvalue weighted by atomic mass is 16.5. The number of nitrogens with one attached hydrogen (secondary N) is 1. The summed E-state index contributed by atoms with van der Waals surface area (Å²) in [6, 6.07) is 15.3. The highest BCUT2D eigenvalue weighted by molar-refractivity contribution is 5.76. The van der Waals surface area contributed by atoms with Crippen molar-refractivity contribution in [3.05, 3.63) is 65.5 Å². The Morgan fingerprint density at radius 2 is 1.82 bits per heavy atom. The normalized spacial score (nSPS) is 10.6. The predicted molar refractivity (Wildman–Crippen MR) is 104 cm³/mol. The van der Waals surface area contributed by atoms with Crippen molar-refractivity contribution in [1.29, 1.82) is 0 Å². The van der Waals surface area contributed by atoms with Crippen LogP contribution in [0.5, 0.6) is 5.75 Å². The molecule has 1 amide bonds. The fourth-order valence-electron chi connectivity index (χ4n) is 2.74. The highest BCUT2D eigenvalue weighted by Gasteiger charge is 2.11. The number of carbonyl (C=O) groups excluding carboxylic acids is 1. The van der Waals surface area contributed by atoms with Crippen molar-refractivity contribution in [3.8, 4) is 17.1 Å². The molecule has 7 heteroatoms. The summed E-state index contributed by atoms with van der Waals surface area (Å²) >= 11 is 0. The van der Waals surface area contributed by atoms with Gasteiger partial charge >= 0.3 is 0 Å². The molecule has 3 aromatic rings. The van der Waals surface area contributed by atoms with E-state index in [0.29, 0.717) is 31.3 Å². The smallest absolute Gasteiger partial charge is 0.227 e. The molecule has 146 valence electrons. The molecule has 3 rings (SSSR count). The molecule has 0 fully saturated rings. The van der Waals surface area contributed by atoms with Crippen LogP contribution >= 0.6 is 0 Å². The van der Waals surface area contributed by atoms with E-state index in [2.05, 4.69) is 15.5 Å². The lowest BCUT2D eigenvalue weighted by Crippen LogP contribution is -2.23. The van der Waals surface area contributed by atoms with Gasteiger partial charge in [-0.1, -0.05) is 29.4 Å². The van der Waals surface area contributed by atoms with Gasteiger partial charge in [0.05, 0.1) is 13.7 Å². The topological polar surface area (TPSA) is 86.5 Å². The Morgan fingerprint density at radius 1 is 1.07 bits per heavy atom. The van der Waals surface area contributed by atoms with Crippen molar-refractivity contribution in [3.63, 3.8) is 0 Å². The molecule has 0 bridgehead atoms. The molecule has 1 heterocycles. The fraction of sp³-hybridized carbons (Fsp3) is 0.286. The third kappa shape index (κ3) is 5.17. The molecule has 2 aromatic carbocycles. The van der Waals surface area contributed by atoms with Gasteiger partial charge in [0.15, 0.2) is 0 Å². The first-order valence-corrected chi connectivity index (χ1v) is 8.99. The number of methoxy groups -OCH3 is 2. The Kier molecular flexibility index (Phi) is 6.75. The van der Waals surface area contributed by atoms with Crippen LogP contribution in [0.25, 0.3) is 11.4 Å². The minimum absolute atomic E-state index is 0.0728. The summed E-state index contributed by atoms with van der Waals surface area (Å²) in [6.07, 6.45) is 0.658. The van der Waals surface area contributed by atoms with Crippen molar-refractivity contribution in [2.24, 2.45) is 0 Å². The summed E-state index contributed by atoms with van der Waals surface area (Å²) in [5, 5.41) is 6.89. The maximum absolute atomic E-state index is 12.2. The Bertz CT molecular complexity index is 906. The summed E-state index contributed by atoms with van der Waals surface area (Å²) in [4.78, 5) is 16.5. The van der Waals surface area contributed by atoms with E-state index in [4.69, 9.17) is 14.0 Å². The second kappa shape index (κ2) is 9.66. The second-order valence-corrected chi connectivity index (χ2v) is 6.22. The number of hydrogen-bond acceptors (Lipinski definition) is 6. The first-order chi connectivity index (χ1) is 13.7. The summed E-state index contributed by atoms with van der Waals surface area (Å²) in [7, 11) is 3.27. The fourth-order valence-corrected chi connectivity index (χ4v) is 2.74. The molecule has 0 unspecified atom stereocenters. The number of rotatable bonds is 9. The number of carbonyl (C=O) groups is 1. The van der Waals surface area contributed by atoms with Crippen molar-refractivity contribution in [2.75, 3.05) is 14.2 Å². The molecule has 0 aliphatic heterocycles. The Balaban J connectivity index is 1.50. The summed E-state index contributed by atoms with van der Waals surface area (Å²) in [5.74, 6) is 1.61. The maximum atomic E-state index is 12.2. The minimum atomic E-state index is -0.0728. The van der Waals surface area contributed by atoms with E-state index in [0.717, 1.165) is 22.4 Å². The lowest BCUT2D eigenvalue weighted by atomic mass is 10.1. The molecule has 0 saturated heterocycles. The number of hydrogen-bond donors (Lipinski definition) is 1. The van der Waals surface area contributed by atoms with Crippen LogP contribution in [-0.4, -0.2) is 30.3 Å². The largest absolute Gasteiger partial charge is 0.497 e. The van der Waals surface area contributed by atoms with Crippen LogP contribution in [0.3, 0.4) is 0 Å². The molecular formula is C21H23N3O4. The molecule has 0 atom stereocenters. The molecule has 28 heavy (non-hydrogen) atoms. The van der Waals surface area contributed by atoms with Gasteiger partial charge in [-0.3, -0.25) is 4.79 Å². The summed E-state index contributed by atoms with van der Waals surface area (Å²) in [5.41, 5.74) is 2.93. The van der Waals surface area contributed by atoms with E-state index in [1.807, 2.05) is 48.5 Å². The van der Waals surface area contributed by atoms with E-state index < -0.39 is 0 Å². The van der Waals surface area contributed by atoms with Crippen molar-refractivity contribution in [2.45, 2.75) is 26.0 Å². The monoisotopic (exact) mass is 381 g/mol. The molecule has 1 aromatic heterocycles. The van der Waals surface area contributed by atoms with Crippen molar-refractivity contribution in [1.82, 2.24) is 15.5 Å². The lowest BCUT2D eigenvalue weighted by Gasteiger charge is -2.09. The third-order valence-corrected chi connectivity index (χ3v) is 4.28. The molecule has 0 saturated carbocycles. The second-order valence-electron chi connectivity index (χ2n) is 6.22. The van der Waals surface area contributed by atoms with Gasteiger partial charge in [0.1, 0.15) is 5.75 Å². The van der Waals surface area contributed by atoms with Crippen LogP contribution in [0.4, 0.5) is 0 Å². The zero-order valence-electron chi connectivity index (χ0n) is 16.0. The van der Waals surface area contributed by atoms with Crippen LogP contribution in [-0.2, 0) is 29.1 Å². The number of aryl methyl sites for hydroxylation is 1. The first-order valence-electron chi connectivity index (χ1n) is 8.99. The van der Waals surface area contributed by atoms with Crippen LogP contribution in [0.15, 0.2) is 53.1 Å². The van der Waals surface area contributed by atoms with Gasteiger partial charge in [-0.25, -0.2) is 0 Å². The number of aromatic nitrogens is 2. The van der Waals surface area contributed by atoms with E-state index >= 15 is 0 Å². The van der Waals surface area contributed by atoms with E-state index in [1.54, 1.807) is 14.2 Å². The molecule has 0 aliphatic rings. The molecule has 0 aliphatic carbocycles. The van der Waals surface area contributed by atoms with Crippen molar-refractivity contribution >= 4 is 5.91 Å². The van der Waals surface area contributed by atoms with Crippen LogP contribution in [0, 0.1) is 0 Å². The minimum Gasteiger partial charge on any atom is -0.497 e. The third-order valence-electron chi connectivity index (χ3n) is 4.28. The number of amides is 1. The molecule has 7 nitrogen and oxygen atoms in total. The zero-order valence-corrected chi connectivity index (χ0v) is 16.0. The number of ether oxygens (including phenoxy) is 2. The Hall–Kier alpha value is -3.19. The number of benzene rings is 2. The van der Waals surface area contributed by atoms with Gasteiger partial charge in [0, 0.05) is 32.1 Å². The SMILES string of the molecule is COCc1ccccc1CNC(=O)CCc1nc(-c2ccc(OC)cc2)no1. The lowest BCUT2D eigenvalue weighted by molar-refractivity contribution is -0.121. The first kappa shape index (κ1) is 19.6. The van der Waals surface area contributed by atoms with Crippen molar-refractivity contribution < 1.29 is 18.8 Å². The zero-order chi connectivity index (χ0) is 19.8. The molecular weight excluding hydrogens is 358 g/mol. The van der Waals surface area contributed by atoms with E-state index in [-0.39, 0.29) is 12.3 Å². The maximum Gasteiger partial charge on any atom is 0.227 e. The molecule has 1 N–H and O–H groups in total. The quantitative estimate of drug-likeness (QED) is 0.613. The molecule has 0 spiro atoms. The summed E-state index contributed by atoms with van der Waals surface area (Å²) in [6.45, 7) is 0.974. The van der Waals surface area contributed by atoms with E-state index in [1.165, 1.54) is 0 Å². The average Bonchev–Trinajstić information content (AvgIpc) is 3.21.